The van der Waals surface area contributed by atoms with Gasteiger partial charge in [-0.05, 0) is 39.8 Å². The van der Waals surface area contributed by atoms with Crippen LogP contribution in [0.25, 0.3) is 0 Å². The van der Waals surface area contributed by atoms with Crippen LogP contribution < -0.4 is 0 Å². The first kappa shape index (κ1) is 17.9. The first-order valence-corrected chi connectivity index (χ1v) is 9.74. The topological polar surface area (TPSA) is 69.6 Å². The molecule has 0 unspecified atom stereocenters. The summed E-state index contributed by atoms with van der Waals surface area (Å²) in [4.78, 5) is 11.3. The summed E-state index contributed by atoms with van der Waals surface area (Å²) >= 11 is 0. The van der Waals surface area contributed by atoms with Crippen molar-refractivity contribution in [3.8, 4) is 0 Å². The average Bonchev–Trinajstić information content (AvgIpc) is 3.38. The van der Waals surface area contributed by atoms with Crippen molar-refractivity contribution in [1.82, 2.24) is 38.8 Å². The van der Waals surface area contributed by atoms with Crippen LogP contribution in [0.1, 0.15) is 49.0 Å². The Balaban J connectivity index is 1.38. The van der Waals surface area contributed by atoms with Crippen LogP contribution in [0, 0.1) is 6.92 Å². The second-order valence-corrected chi connectivity index (χ2v) is 7.32. The van der Waals surface area contributed by atoms with Crippen molar-refractivity contribution in [2.45, 2.75) is 52.2 Å². The van der Waals surface area contributed by atoms with Gasteiger partial charge < -0.3 is 13.7 Å². The lowest BCUT2D eigenvalue weighted by Crippen LogP contribution is -2.34. The number of hydrogen-bond donors (Lipinski definition) is 0. The number of rotatable bonds is 6. The number of nitrogens with zero attached hydrogens (tertiary/aromatic N) is 8. The Labute approximate surface area is 159 Å². The molecular weight excluding hydrogens is 340 g/mol. The first-order chi connectivity index (χ1) is 13.2. The largest absolute Gasteiger partial charge is 0.334 e. The molecule has 144 valence electrons. The van der Waals surface area contributed by atoms with Crippen LogP contribution in [0.2, 0.25) is 0 Å². The molecule has 0 N–H and O–H groups in total. The van der Waals surface area contributed by atoms with E-state index >= 15 is 0 Å². The summed E-state index contributed by atoms with van der Waals surface area (Å²) in [6.07, 6.45) is 10.0. The highest BCUT2D eigenvalue weighted by Gasteiger charge is 2.25. The Hall–Kier alpha value is -2.48. The van der Waals surface area contributed by atoms with Crippen LogP contribution in [-0.2, 0) is 26.7 Å². The minimum Gasteiger partial charge on any atom is -0.334 e. The highest BCUT2D eigenvalue weighted by molar-refractivity contribution is 5.05. The third kappa shape index (κ3) is 3.66. The Morgan fingerprint density at radius 1 is 0.963 bits per heavy atom. The molecule has 0 radical (unpaired) electrons. The highest BCUT2D eigenvalue weighted by atomic mass is 15.3. The zero-order valence-corrected chi connectivity index (χ0v) is 16.4. The minimum atomic E-state index is 0.474. The summed E-state index contributed by atoms with van der Waals surface area (Å²) in [6, 6.07) is 0. The summed E-state index contributed by atoms with van der Waals surface area (Å²) in [6.45, 7) is 8.94. The summed E-state index contributed by atoms with van der Waals surface area (Å²) in [5.74, 6) is 4.73. The van der Waals surface area contributed by atoms with E-state index in [1.54, 1.807) is 0 Å². The minimum absolute atomic E-state index is 0.474. The number of piperidine rings is 1. The normalized spacial score (nSPS) is 16.3. The SMILES string of the molecule is CCn1ccnc1CN1CCC(c2nnc(Cn3ccnc3C)n2C)CC1. The molecule has 0 saturated carbocycles. The number of hydrogen-bond acceptors (Lipinski definition) is 5. The van der Waals surface area contributed by atoms with Crippen LogP contribution in [0.15, 0.2) is 24.8 Å². The van der Waals surface area contributed by atoms with Crippen molar-refractivity contribution >= 4 is 0 Å². The van der Waals surface area contributed by atoms with Gasteiger partial charge in [-0.2, -0.15) is 0 Å². The number of imidazole rings is 2. The zero-order valence-electron chi connectivity index (χ0n) is 16.4. The molecule has 1 aliphatic rings. The third-order valence-electron chi connectivity index (χ3n) is 5.69. The molecule has 4 heterocycles. The number of aryl methyl sites for hydroxylation is 2. The molecule has 3 aromatic rings. The molecule has 0 atom stereocenters. The van der Waals surface area contributed by atoms with E-state index in [2.05, 4.69) is 58.9 Å². The standard InChI is InChI=1S/C19H28N8/c1-4-26-11-8-21-17(26)13-25-9-5-16(6-10-25)19-23-22-18(24(19)3)14-27-12-7-20-15(27)2/h7-8,11-12,16H,4-6,9-10,13-14H2,1-3H3. The monoisotopic (exact) mass is 368 g/mol. The van der Waals surface area contributed by atoms with E-state index < -0.39 is 0 Å². The van der Waals surface area contributed by atoms with E-state index in [-0.39, 0.29) is 0 Å². The van der Waals surface area contributed by atoms with Gasteiger partial charge in [0.25, 0.3) is 0 Å². The predicted octanol–water partition coefficient (Wildman–Crippen LogP) is 1.96. The van der Waals surface area contributed by atoms with Gasteiger partial charge in [-0.25, -0.2) is 9.97 Å². The molecule has 4 rings (SSSR count). The first-order valence-electron chi connectivity index (χ1n) is 9.74. The van der Waals surface area contributed by atoms with Crippen LogP contribution >= 0.6 is 0 Å². The van der Waals surface area contributed by atoms with Crippen molar-refractivity contribution in [1.29, 1.82) is 0 Å². The van der Waals surface area contributed by atoms with Crippen LogP contribution in [0.5, 0.6) is 0 Å². The van der Waals surface area contributed by atoms with Crippen molar-refractivity contribution in [3.63, 3.8) is 0 Å². The summed E-state index contributed by atoms with van der Waals surface area (Å²) < 4.78 is 6.49. The second-order valence-electron chi connectivity index (χ2n) is 7.32. The van der Waals surface area contributed by atoms with Gasteiger partial charge in [-0.3, -0.25) is 4.90 Å². The van der Waals surface area contributed by atoms with Crippen molar-refractivity contribution in [2.24, 2.45) is 7.05 Å². The maximum absolute atomic E-state index is 4.52. The molecule has 1 saturated heterocycles. The number of likely N-dealkylation sites (tertiary alicyclic amines) is 1. The Morgan fingerprint density at radius 2 is 1.70 bits per heavy atom. The Kier molecular flexibility index (Phi) is 5.07. The van der Waals surface area contributed by atoms with E-state index in [0.29, 0.717) is 12.5 Å². The molecule has 27 heavy (non-hydrogen) atoms. The fraction of sp³-hybridized carbons (Fsp3) is 0.579. The van der Waals surface area contributed by atoms with Crippen LogP contribution in [0.4, 0.5) is 0 Å². The molecule has 0 amide bonds. The smallest absolute Gasteiger partial charge is 0.152 e. The van der Waals surface area contributed by atoms with Gasteiger partial charge in [0.15, 0.2) is 5.82 Å². The van der Waals surface area contributed by atoms with Gasteiger partial charge >= 0.3 is 0 Å². The average molecular weight is 368 g/mol. The van der Waals surface area contributed by atoms with E-state index in [1.165, 1.54) is 0 Å². The summed E-state index contributed by atoms with van der Waals surface area (Å²) in [5, 5.41) is 8.97. The second kappa shape index (κ2) is 7.64. The lowest BCUT2D eigenvalue weighted by molar-refractivity contribution is 0.194. The fourth-order valence-corrected chi connectivity index (χ4v) is 3.92. The van der Waals surface area contributed by atoms with Crippen molar-refractivity contribution < 1.29 is 0 Å². The molecule has 8 heteroatoms. The molecule has 1 fully saturated rings. The molecule has 0 spiro atoms. The summed E-state index contributed by atoms with van der Waals surface area (Å²) in [5.41, 5.74) is 0. The highest BCUT2D eigenvalue weighted by Crippen LogP contribution is 2.27. The van der Waals surface area contributed by atoms with Gasteiger partial charge in [-0.15, -0.1) is 10.2 Å². The predicted molar refractivity (Wildman–Crippen MR) is 102 cm³/mol. The summed E-state index contributed by atoms with van der Waals surface area (Å²) in [7, 11) is 2.08. The number of aromatic nitrogens is 7. The van der Waals surface area contributed by atoms with Gasteiger partial charge in [0, 0.05) is 44.3 Å². The quantitative estimate of drug-likeness (QED) is 0.665. The van der Waals surface area contributed by atoms with E-state index in [1.807, 2.05) is 25.5 Å². The van der Waals surface area contributed by atoms with Gasteiger partial charge in [0.05, 0.1) is 13.1 Å². The maximum Gasteiger partial charge on any atom is 0.152 e. The molecule has 3 aromatic heterocycles. The molecule has 8 nitrogen and oxygen atoms in total. The van der Waals surface area contributed by atoms with E-state index in [4.69, 9.17) is 0 Å². The van der Waals surface area contributed by atoms with Crippen LogP contribution in [-0.4, -0.2) is 51.9 Å². The van der Waals surface area contributed by atoms with Gasteiger partial charge in [-0.1, -0.05) is 0 Å². The van der Waals surface area contributed by atoms with Gasteiger partial charge in [0.2, 0.25) is 0 Å². The van der Waals surface area contributed by atoms with Crippen molar-refractivity contribution in [3.05, 3.63) is 48.1 Å². The van der Waals surface area contributed by atoms with Gasteiger partial charge in [0.1, 0.15) is 17.5 Å². The molecule has 0 aromatic carbocycles. The van der Waals surface area contributed by atoms with Crippen molar-refractivity contribution in [2.75, 3.05) is 13.1 Å². The molecule has 0 bridgehead atoms. The molecule has 1 aliphatic heterocycles. The van der Waals surface area contributed by atoms with E-state index in [0.717, 1.165) is 62.3 Å². The Morgan fingerprint density at radius 3 is 2.41 bits per heavy atom. The Bertz CT molecular complexity index is 881. The molecule has 0 aliphatic carbocycles. The van der Waals surface area contributed by atoms with Crippen LogP contribution in [0.3, 0.4) is 0 Å². The fourth-order valence-electron chi connectivity index (χ4n) is 3.92. The third-order valence-corrected chi connectivity index (χ3v) is 5.69. The molecular formula is C19H28N8. The lowest BCUT2D eigenvalue weighted by Gasteiger charge is -2.31. The lowest BCUT2D eigenvalue weighted by atomic mass is 9.96. The van der Waals surface area contributed by atoms with E-state index in [9.17, 15) is 0 Å². The zero-order chi connectivity index (χ0) is 18.8. The maximum atomic E-state index is 4.52.